The van der Waals surface area contributed by atoms with Crippen LogP contribution in [0.2, 0.25) is 0 Å². The van der Waals surface area contributed by atoms with E-state index in [0.717, 1.165) is 0 Å². The number of methoxy groups -OCH3 is 2. The van der Waals surface area contributed by atoms with E-state index in [4.69, 9.17) is 18.7 Å². The number of benzene rings is 2. The van der Waals surface area contributed by atoms with Gasteiger partial charge in [0.15, 0.2) is 6.61 Å². The molecule has 0 spiro atoms. The molecule has 3 aromatic rings. The number of carbonyl (C=O) groups excluding carboxylic acids is 1. The topological polar surface area (TPSA) is 130 Å². The summed E-state index contributed by atoms with van der Waals surface area (Å²) in [5.74, 6) is 0.723. The number of aromatic nitrogens is 2. The van der Waals surface area contributed by atoms with Gasteiger partial charge >= 0.3 is 5.97 Å². The lowest BCUT2D eigenvalue weighted by Gasteiger charge is -2.13. The molecule has 1 atom stereocenters. The van der Waals surface area contributed by atoms with Gasteiger partial charge in [0.05, 0.1) is 19.1 Å². The molecule has 0 amide bonds. The number of rotatable bonds is 9. The average molecular weight is 447 g/mol. The van der Waals surface area contributed by atoms with E-state index in [1.165, 1.54) is 38.3 Å². The minimum atomic E-state index is -3.92. The third-order valence-corrected chi connectivity index (χ3v) is 5.75. The monoisotopic (exact) mass is 447 g/mol. The highest BCUT2D eigenvalue weighted by atomic mass is 32.2. The summed E-state index contributed by atoms with van der Waals surface area (Å²) in [4.78, 5) is 16.4. The van der Waals surface area contributed by atoms with E-state index >= 15 is 0 Å². The molecule has 1 N–H and O–H groups in total. The van der Waals surface area contributed by atoms with Gasteiger partial charge in [-0.2, -0.15) is 9.71 Å². The molecule has 0 saturated heterocycles. The molecule has 0 aliphatic heterocycles. The summed E-state index contributed by atoms with van der Waals surface area (Å²) < 4.78 is 47.4. The standard InChI is InChI=1S/C20H21N3O7S/c1-13(23-31(25,26)17-9-7-15(27-2)8-10-17)20(24)29-12-18-21-19(22-30-18)14-5-4-6-16(11-14)28-3/h4-11,13,23H,12H2,1-3H3. The molecular weight excluding hydrogens is 426 g/mol. The smallest absolute Gasteiger partial charge is 0.324 e. The quantitative estimate of drug-likeness (QED) is 0.490. The minimum absolute atomic E-state index is 0.00668. The van der Waals surface area contributed by atoms with Crippen LogP contribution in [0.1, 0.15) is 12.8 Å². The highest BCUT2D eigenvalue weighted by Crippen LogP contribution is 2.21. The summed E-state index contributed by atoms with van der Waals surface area (Å²) in [6, 6.07) is 11.7. The highest BCUT2D eigenvalue weighted by molar-refractivity contribution is 7.89. The summed E-state index contributed by atoms with van der Waals surface area (Å²) in [6.45, 7) is 1.07. The molecule has 0 saturated carbocycles. The van der Waals surface area contributed by atoms with Crippen molar-refractivity contribution in [3.8, 4) is 22.9 Å². The van der Waals surface area contributed by atoms with Crippen LogP contribution in [0.5, 0.6) is 11.5 Å². The van der Waals surface area contributed by atoms with Gasteiger partial charge in [-0.25, -0.2) is 8.42 Å². The van der Waals surface area contributed by atoms with Gasteiger partial charge in [0.1, 0.15) is 17.5 Å². The van der Waals surface area contributed by atoms with E-state index in [2.05, 4.69) is 14.9 Å². The van der Waals surface area contributed by atoms with Crippen molar-refractivity contribution in [2.45, 2.75) is 24.5 Å². The first-order chi connectivity index (χ1) is 14.8. The van der Waals surface area contributed by atoms with Crippen LogP contribution in [0.4, 0.5) is 0 Å². The van der Waals surface area contributed by atoms with Crippen molar-refractivity contribution in [3.63, 3.8) is 0 Å². The second kappa shape index (κ2) is 9.58. The molecule has 1 heterocycles. The van der Waals surface area contributed by atoms with Crippen LogP contribution in [0.25, 0.3) is 11.4 Å². The van der Waals surface area contributed by atoms with Gasteiger partial charge < -0.3 is 18.7 Å². The number of ether oxygens (including phenoxy) is 3. The lowest BCUT2D eigenvalue weighted by molar-refractivity contribution is -0.147. The molecule has 10 nitrogen and oxygen atoms in total. The molecule has 1 unspecified atom stereocenters. The fraction of sp³-hybridized carbons (Fsp3) is 0.250. The Balaban J connectivity index is 1.58. The lowest BCUT2D eigenvalue weighted by Crippen LogP contribution is -2.39. The lowest BCUT2D eigenvalue weighted by atomic mass is 10.2. The van der Waals surface area contributed by atoms with Gasteiger partial charge in [-0.3, -0.25) is 4.79 Å². The molecular formula is C20H21N3O7S. The van der Waals surface area contributed by atoms with E-state index in [1.807, 2.05) is 0 Å². The third-order valence-electron chi connectivity index (χ3n) is 4.19. The molecule has 164 valence electrons. The molecule has 0 radical (unpaired) electrons. The Morgan fingerprint density at radius 1 is 1.10 bits per heavy atom. The van der Waals surface area contributed by atoms with Crippen molar-refractivity contribution in [3.05, 3.63) is 54.4 Å². The van der Waals surface area contributed by atoms with Crippen LogP contribution >= 0.6 is 0 Å². The van der Waals surface area contributed by atoms with Gasteiger partial charge in [-0.15, -0.1) is 0 Å². The van der Waals surface area contributed by atoms with E-state index in [1.54, 1.807) is 31.4 Å². The number of hydrogen-bond acceptors (Lipinski definition) is 9. The van der Waals surface area contributed by atoms with E-state index in [0.29, 0.717) is 22.9 Å². The first-order valence-corrected chi connectivity index (χ1v) is 10.6. The Hall–Kier alpha value is -3.44. The van der Waals surface area contributed by atoms with Crippen LogP contribution in [0.15, 0.2) is 57.9 Å². The number of esters is 1. The first-order valence-electron chi connectivity index (χ1n) is 9.12. The predicted molar refractivity (Wildman–Crippen MR) is 109 cm³/mol. The van der Waals surface area contributed by atoms with Crippen molar-refractivity contribution < 1.29 is 31.9 Å². The zero-order valence-electron chi connectivity index (χ0n) is 17.1. The fourth-order valence-electron chi connectivity index (χ4n) is 2.55. The van der Waals surface area contributed by atoms with Gasteiger partial charge in [0.2, 0.25) is 15.8 Å². The second-order valence-corrected chi connectivity index (χ2v) is 8.08. The Labute approximate surface area is 179 Å². The third kappa shape index (κ3) is 5.58. The molecule has 0 bridgehead atoms. The number of hydrogen-bond donors (Lipinski definition) is 1. The van der Waals surface area contributed by atoms with Crippen molar-refractivity contribution in [1.82, 2.24) is 14.9 Å². The van der Waals surface area contributed by atoms with Crippen LogP contribution < -0.4 is 14.2 Å². The highest BCUT2D eigenvalue weighted by Gasteiger charge is 2.24. The summed E-state index contributed by atoms with van der Waals surface area (Å²) >= 11 is 0. The average Bonchev–Trinajstić information content (AvgIpc) is 3.26. The summed E-state index contributed by atoms with van der Waals surface area (Å²) in [5.41, 5.74) is 0.668. The molecule has 31 heavy (non-hydrogen) atoms. The van der Waals surface area contributed by atoms with E-state index in [9.17, 15) is 13.2 Å². The summed E-state index contributed by atoms with van der Waals surface area (Å²) in [7, 11) is -0.900. The molecule has 2 aromatic carbocycles. The number of nitrogens with zero attached hydrogens (tertiary/aromatic N) is 2. The van der Waals surface area contributed by atoms with Crippen LogP contribution in [0, 0.1) is 0 Å². The van der Waals surface area contributed by atoms with Crippen molar-refractivity contribution in [1.29, 1.82) is 0 Å². The van der Waals surface area contributed by atoms with Gasteiger partial charge in [0.25, 0.3) is 5.89 Å². The Morgan fingerprint density at radius 2 is 1.81 bits per heavy atom. The largest absolute Gasteiger partial charge is 0.497 e. The normalized spacial score (nSPS) is 12.2. The zero-order valence-corrected chi connectivity index (χ0v) is 17.9. The Bertz CT molecular complexity index is 1140. The summed E-state index contributed by atoms with van der Waals surface area (Å²) in [6.07, 6.45) is 0. The second-order valence-electron chi connectivity index (χ2n) is 6.37. The number of sulfonamides is 1. The molecule has 11 heteroatoms. The van der Waals surface area contributed by atoms with Crippen LogP contribution in [-0.4, -0.2) is 44.8 Å². The van der Waals surface area contributed by atoms with Crippen molar-refractivity contribution >= 4 is 16.0 Å². The maximum atomic E-state index is 12.4. The first kappa shape index (κ1) is 22.2. The Morgan fingerprint density at radius 3 is 2.48 bits per heavy atom. The Kier molecular flexibility index (Phi) is 6.88. The van der Waals surface area contributed by atoms with Gasteiger partial charge in [-0.05, 0) is 43.3 Å². The molecule has 1 aromatic heterocycles. The maximum Gasteiger partial charge on any atom is 0.324 e. The fourth-order valence-corrected chi connectivity index (χ4v) is 3.75. The molecule has 0 aliphatic carbocycles. The molecule has 0 aliphatic rings. The van der Waals surface area contributed by atoms with Crippen molar-refractivity contribution in [2.24, 2.45) is 0 Å². The predicted octanol–water partition coefficient (Wildman–Crippen LogP) is 2.16. The molecule has 3 rings (SSSR count). The van der Waals surface area contributed by atoms with Crippen LogP contribution in [0.3, 0.4) is 0 Å². The van der Waals surface area contributed by atoms with E-state index < -0.39 is 22.0 Å². The van der Waals surface area contributed by atoms with Gasteiger partial charge in [-0.1, -0.05) is 17.3 Å². The SMILES string of the molecule is COc1ccc(S(=O)(=O)NC(C)C(=O)OCc2nc(-c3cccc(OC)c3)no2)cc1. The van der Waals surface area contributed by atoms with Crippen LogP contribution in [-0.2, 0) is 26.2 Å². The van der Waals surface area contributed by atoms with E-state index in [-0.39, 0.29) is 17.4 Å². The summed E-state index contributed by atoms with van der Waals surface area (Å²) in [5, 5.41) is 3.84. The maximum absolute atomic E-state index is 12.4. The van der Waals surface area contributed by atoms with Crippen molar-refractivity contribution in [2.75, 3.05) is 14.2 Å². The molecule has 0 fully saturated rings. The number of carbonyl (C=O) groups is 1. The zero-order chi connectivity index (χ0) is 22.4. The minimum Gasteiger partial charge on any atom is -0.497 e. The van der Waals surface area contributed by atoms with Gasteiger partial charge in [0, 0.05) is 5.56 Å². The number of nitrogens with one attached hydrogen (secondary N) is 1.